The first-order valence-electron chi connectivity index (χ1n) is 7.55. The van der Waals surface area contributed by atoms with Crippen LogP contribution < -0.4 is 0 Å². The predicted molar refractivity (Wildman–Crippen MR) is 98.1 cm³/mol. The van der Waals surface area contributed by atoms with Crippen molar-refractivity contribution in [3.63, 3.8) is 0 Å². The predicted octanol–water partition coefficient (Wildman–Crippen LogP) is 5.27. The largest absolute Gasteiger partial charge is 0.328 e. The molecule has 23 heavy (non-hydrogen) atoms. The van der Waals surface area contributed by atoms with Gasteiger partial charge in [0.05, 0.1) is 13.1 Å². The molecular formula is C19H19NOS2. The zero-order valence-corrected chi connectivity index (χ0v) is 14.9. The number of rotatable bonds is 5. The Morgan fingerprint density at radius 2 is 1.57 bits per heavy atom. The summed E-state index contributed by atoms with van der Waals surface area (Å²) < 4.78 is 0. The van der Waals surface area contributed by atoms with Crippen molar-refractivity contribution in [2.75, 3.05) is 0 Å². The van der Waals surface area contributed by atoms with Crippen molar-refractivity contribution in [2.24, 2.45) is 0 Å². The van der Waals surface area contributed by atoms with E-state index in [0.717, 1.165) is 16.7 Å². The number of carbonyl (C=O) groups excluding carboxylic acids is 1. The highest BCUT2D eigenvalue weighted by Crippen LogP contribution is 2.21. The van der Waals surface area contributed by atoms with E-state index in [-0.39, 0.29) is 5.91 Å². The van der Waals surface area contributed by atoms with E-state index in [2.05, 4.69) is 29.0 Å². The third-order valence-electron chi connectivity index (χ3n) is 3.76. The fourth-order valence-electron chi connectivity index (χ4n) is 2.52. The highest BCUT2D eigenvalue weighted by molar-refractivity contribution is 7.10. The summed E-state index contributed by atoms with van der Waals surface area (Å²) in [5.41, 5.74) is 2.95. The van der Waals surface area contributed by atoms with Crippen molar-refractivity contribution >= 4 is 28.6 Å². The number of carbonyl (C=O) groups is 1. The zero-order valence-electron chi connectivity index (χ0n) is 13.3. The van der Waals surface area contributed by atoms with Crippen LogP contribution >= 0.6 is 22.7 Å². The van der Waals surface area contributed by atoms with E-state index in [1.165, 1.54) is 9.75 Å². The lowest BCUT2D eigenvalue weighted by Gasteiger charge is -2.23. The van der Waals surface area contributed by atoms with Crippen LogP contribution in [-0.2, 0) is 13.1 Å². The number of benzene rings is 1. The van der Waals surface area contributed by atoms with Crippen LogP contribution in [0.15, 0.2) is 53.2 Å². The van der Waals surface area contributed by atoms with Crippen LogP contribution in [0, 0.1) is 13.8 Å². The Morgan fingerprint density at radius 3 is 2.09 bits per heavy atom. The lowest BCUT2D eigenvalue weighted by molar-refractivity contribution is 0.0732. The maximum Gasteiger partial charge on any atom is 0.254 e. The molecular weight excluding hydrogens is 322 g/mol. The monoisotopic (exact) mass is 341 g/mol. The Kier molecular flexibility index (Phi) is 4.94. The molecule has 2 nitrogen and oxygen atoms in total. The molecule has 0 fully saturated rings. The van der Waals surface area contributed by atoms with Gasteiger partial charge in [0.15, 0.2) is 0 Å². The Hall–Kier alpha value is -1.91. The molecule has 2 heterocycles. The van der Waals surface area contributed by atoms with E-state index in [0.29, 0.717) is 13.1 Å². The minimum Gasteiger partial charge on any atom is -0.328 e. The van der Waals surface area contributed by atoms with Gasteiger partial charge in [-0.1, -0.05) is 29.8 Å². The molecule has 0 aliphatic carbocycles. The van der Waals surface area contributed by atoms with Crippen molar-refractivity contribution in [3.8, 4) is 0 Å². The summed E-state index contributed by atoms with van der Waals surface area (Å²) in [7, 11) is 0. The Labute approximate surface area is 145 Å². The lowest BCUT2D eigenvalue weighted by atomic mass is 10.0. The van der Waals surface area contributed by atoms with Gasteiger partial charge < -0.3 is 4.90 Å². The van der Waals surface area contributed by atoms with Gasteiger partial charge in [0.1, 0.15) is 0 Å². The minimum absolute atomic E-state index is 0.105. The number of hydrogen-bond acceptors (Lipinski definition) is 3. The third-order valence-corrected chi connectivity index (χ3v) is 5.49. The number of thiophene rings is 2. The minimum atomic E-state index is 0.105. The molecule has 3 aromatic rings. The number of nitrogens with zero attached hydrogens (tertiary/aromatic N) is 1. The number of amides is 1. The quantitative estimate of drug-likeness (QED) is 0.619. The SMILES string of the molecule is Cc1ccc(C)c(C(=O)N(Cc2cccs2)Cc2cccs2)c1. The molecule has 0 unspecified atom stereocenters. The van der Waals surface area contributed by atoms with Crippen molar-refractivity contribution in [3.05, 3.63) is 79.7 Å². The van der Waals surface area contributed by atoms with Gasteiger partial charge in [-0.05, 0) is 48.4 Å². The molecule has 0 aliphatic heterocycles. The fourth-order valence-corrected chi connectivity index (χ4v) is 3.96. The number of aryl methyl sites for hydroxylation is 2. The van der Waals surface area contributed by atoms with Gasteiger partial charge in [-0.15, -0.1) is 22.7 Å². The van der Waals surface area contributed by atoms with Gasteiger partial charge in [0, 0.05) is 15.3 Å². The standard InChI is InChI=1S/C19H19NOS2/c1-14-7-8-15(2)18(11-14)19(21)20(12-16-5-3-9-22-16)13-17-6-4-10-23-17/h3-11H,12-13H2,1-2H3. The van der Waals surface area contributed by atoms with E-state index in [1.54, 1.807) is 22.7 Å². The highest BCUT2D eigenvalue weighted by Gasteiger charge is 2.19. The molecule has 0 bridgehead atoms. The van der Waals surface area contributed by atoms with Gasteiger partial charge in [0.2, 0.25) is 0 Å². The molecule has 0 saturated carbocycles. The van der Waals surface area contributed by atoms with Crippen LogP contribution in [0.1, 0.15) is 31.2 Å². The van der Waals surface area contributed by atoms with Gasteiger partial charge in [-0.2, -0.15) is 0 Å². The maximum absolute atomic E-state index is 13.1. The van der Waals surface area contributed by atoms with Crippen LogP contribution in [0.5, 0.6) is 0 Å². The number of hydrogen-bond donors (Lipinski definition) is 0. The van der Waals surface area contributed by atoms with Crippen LogP contribution in [0.4, 0.5) is 0 Å². The van der Waals surface area contributed by atoms with Crippen LogP contribution in [0.3, 0.4) is 0 Å². The molecule has 0 spiro atoms. The highest BCUT2D eigenvalue weighted by atomic mass is 32.1. The normalized spacial score (nSPS) is 10.7. The van der Waals surface area contributed by atoms with Gasteiger partial charge in [-0.3, -0.25) is 4.79 Å². The van der Waals surface area contributed by atoms with Crippen molar-refractivity contribution < 1.29 is 4.79 Å². The summed E-state index contributed by atoms with van der Waals surface area (Å²) in [6.07, 6.45) is 0. The second-order valence-corrected chi connectivity index (χ2v) is 7.70. The van der Waals surface area contributed by atoms with Crippen molar-refractivity contribution in [2.45, 2.75) is 26.9 Å². The molecule has 118 valence electrons. The van der Waals surface area contributed by atoms with Crippen molar-refractivity contribution in [1.82, 2.24) is 4.90 Å². The van der Waals surface area contributed by atoms with Crippen molar-refractivity contribution in [1.29, 1.82) is 0 Å². The second kappa shape index (κ2) is 7.11. The van der Waals surface area contributed by atoms with Crippen LogP contribution in [0.2, 0.25) is 0 Å². The molecule has 0 aliphatic rings. The summed E-state index contributed by atoms with van der Waals surface area (Å²) in [5, 5.41) is 4.11. The maximum atomic E-state index is 13.1. The summed E-state index contributed by atoms with van der Waals surface area (Å²) in [6.45, 7) is 5.34. The summed E-state index contributed by atoms with van der Waals surface area (Å²) in [6, 6.07) is 14.3. The topological polar surface area (TPSA) is 20.3 Å². The average Bonchev–Trinajstić information content (AvgIpc) is 3.22. The molecule has 0 radical (unpaired) electrons. The molecule has 4 heteroatoms. The van der Waals surface area contributed by atoms with Crippen LogP contribution in [0.25, 0.3) is 0 Å². The van der Waals surface area contributed by atoms with E-state index in [1.807, 2.05) is 43.0 Å². The van der Waals surface area contributed by atoms with Crippen LogP contribution in [-0.4, -0.2) is 10.8 Å². The summed E-state index contributed by atoms with van der Waals surface area (Å²) in [4.78, 5) is 17.5. The molecule has 0 N–H and O–H groups in total. The molecule has 0 atom stereocenters. The van der Waals surface area contributed by atoms with Gasteiger partial charge >= 0.3 is 0 Å². The van der Waals surface area contributed by atoms with E-state index in [9.17, 15) is 4.79 Å². The summed E-state index contributed by atoms with van der Waals surface area (Å²) in [5.74, 6) is 0.105. The fraction of sp³-hybridized carbons (Fsp3) is 0.211. The molecule has 1 aromatic carbocycles. The molecule has 1 amide bonds. The lowest BCUT2D eigenvalue weighted by Crippen LogP contribution is -2.30. The smallest absolute Gasteiger partial charge is 0.254 e. The first-order valence-corrected chi connectivity index (χ1v) is 9.30. The van der Waals surface area contributed by atoms with Gasteiger partial charge in [0.25, 0.3) is 5.91 Å². The molecule has 0 saturated heterocycles. The molecule has 2 aromatic heterocycles. The molecule has 3 rings (SSSR count). The van der Waals surface area contributed by atoms with E-state index in [4.69, 9.17) is 0 Å². The van der Waals surface area contributed by atoms with E-state index < -0.39 is 0 Å². The average molecular weight is 342 g/mol. The Balaban J connectivity index is 1.89. The zero-order chi connectivity index (χ0) is 16.2. The van der Waals surface area contributed by atoms with E-state index >= 15 is 0 Å². The Bertz CT molecular complexity index is 740. The second-order valence-electron chi connectivity index (χ2n) is 5.64. The third kappa shape index (κ3) is 3.89. The van der Waals surface area contributed by atoms with Gasteiger partial charge in [-0.25, -0.2) is 0 Å². The summed E-state index contributed by atoms with van der Waals surface area (Å²) >= 11 is 3.39. The first-order chi connectivity index (χ1) is 11.1. The Morgan fingerprint density at radius 1 is 0.957 bits per heavy atom. The first kappa shape index (κ1) is 16.0.